The molecule has 1 fully saturated rings. The van der Waals surface area contributed by atoms with Gasteiger partial charge >= 0.3 is 0 Å². The number of ketones is 1. The number of carbonyl (C=O) groups excluding carboxylic acids is 1. The molecule has 0 spiro atoms. The third kappa shape index (κ3) is 2.13. The normalized spacial score (nSPS) is 24.7. The Labute approximate surface area is 101 Å². The van der Waals surface area contributed by atoms with Gasteiger partial charge in [0.2, 0.25) is 0 Å². The summed E-state index contributed by atoms with van der Waals surface area (Å²) in [6.45, 7) is 5.76. The number of hydrogen-bond donors (Lipinski definition) is 1. The summed E-state index contributed by atoms with van der Waals surface area (Å²) in [4.78, 5) is 12.2. The molecule has 0 saturated carbocycles. The lowest BCUT2D eigenvalue weighted by atomic mass is 9.89. The average Bonchev–Trinajstić information content (AvgIpc) is 2.67. The molecule has 0 radical (unpaired) electrons. The molecule has 0 bridgehead atoms. The van der Waals surface area contributed by atoms with Crippen molar-refractivity contribution in [3.8, 4) is 0 Å². The van der Waals surface area contributed by atoms with Gasteiger partial charge in [0.1, 0.15) is 0 Å². The van der Waals surface area contributed by atoms with E-state index in [2.05, 4.69) is 12.2 Å². The second-order valence-corrected chi connectivity index (χ2v) is 4.98. The highest BCUT2D eigenvalue weighted by molar-refractivity contribution is 6.31. The molecule has 2 unspecified atom stereocenters. The molecule has 1 heterocycles. The molecule has 1 aliphatic heterocycles. The lowest BCUT2D eigenvalue weighted by molar-refractivity contribution is 0.0907. The predicted molar refractivity (Wildman–Crippen MR) is 66.0 cm³/mol. The van der Waals surface area contributed by atoms with Crippen molar-refractivity contribution in [1.29, 1.82) is 0 Å². The number of hydrogen-bond acceptors (Lipinski definition) is 2. The van der Waals surface area contributed by atoms with E-state index in [1.807, 2.05) is 19.1 Å². The van der Waals surface area contributed by atoms with Crippen LogP contribution in [0.3, 0.4) is 0 Å². The van der Waals surface area contributed by atoms with Crippen LogP contribution in [0.2, 0.25) is 5.02 Å². The van der Waals surface area contributed by atoms with E-state index in [4.69, 9.17) is 11.6 Å². The first-order valence-electron chi connectivity index (χ1n) is 5.60. The third-order valence-corrected chi connectivity index (χ3v) is 3.72. The second kappa shape index (κ2) is 4.56. The molecule has 1 aromatic carbocycles. The van der Waals surface area contributed by atoms with E-state index in [9.17, 15) is 4.79 Å². The van der Waals surface area contributed by atoms with E-state index in [1.165, 1.54) is 0 Å². The zero-order valence-electron chi connectivity index (χ0n) is 9.59. The summed E-state index contributed by atoms with van der Waals surface area (Å²) in [6.07, 6.45) is 0. The number of aryl methyl sites for hydroxylation is 1. The van der Waals surface area contributed by atoms with Gasteiger partial charge in [0.15, 0.2) is 5.78 Å². The molecular formula is C13H16ClNO. The average molecular weight is 238 g/mol. The van der Waals surface area contributed by atoms with Crippen LogP contribution in [0.25, 0.3) is 0 Å². The SMILES string of the molecule is Cc1ccc(C(=O)C2CNCC2C)cc1Cl. The van der Waals surface area contributed by atoms with Crippen LogP contribution >= 0.6 is 11.6 Å². The van der Waals surface area contributed by atoms with E-state index in [0.717, 1.165) is 24.2 Å². The van der Waals surface area contributed by atoms with Crippen LogP contribution in [0.1, 0.15) is 22.8 Å². The van der Waals surface area contributed by atoms with Crippen LogP contribution in [0.15, 0.2) is 18.2 Å². The van der Waals surface area contributed by atoms with Gasteiger partial charge in [-0.2, -0.15) is 0 Å². The van der Waals surface area contributed by atoms with Gasteiger partial charge in [0.25, 0.3) is 0 Å². The molecule has 1 aromatic rings. The van der Waals surface area contributed by atoms with Gasteiger partial charge in [-0.3, -0.25) is 4.79 Å². The fourth-order valence-electron chi connectivity index (χ4n) is 2.12. The van der Waals surface area contributed by atoms with E-state index in [0.29, 0.717) is 10.9 Å². The topological polar surface area (TPSA) is 29.1 Å². The molecule has 1 saturated heterocycles. The van der Waals surface area contributed by atoms with Gasteiger partial charge in [0.05, 0.1) is 0 Å². The molecule has 1 aliphatic rings. The Hall–Kier alpha value is -0.860. The Morgan fingerprint density at radius 2 is 2.19 bits per heavy atom. The fourth-order valence-corrected chi connectivity index (χ4v) is 2.30. The van der Waals surface area contributed by atoms with Crippen LogP contribution in [0, 0.1) is 18.8 Å². The highest BCUT2D eigenvalue weighted by atomic mass is 35.5. The van der Waals surface area contributed by atoms with E-state index in [1.54, 1.807) is 6.07 Å². The minimum Gasteiger partial charge on any atom is -0.316 e. The van der Waals surface area contributed by atoms with Crippen molar-refractivity contribution < 1.29 is 4.79 Å². The lowest BCUT2D eigenvalue weighted by Gasteiger charge is -2.13. The second-order valence-electron chi connectivity index (χ2n) is 4.57. The van der Waals surface area contributed by atoms with Crippen molar-refractivity contribution >= 4 is 17.4 Å². The maximum absolute atomic E-state index is 12.2. The first-order valence-corrected chi connectivity index (χ1v) is 5.98. The number of benzene rings is 1. The van der Waals surface area contributed by atoms with Crippen molar-refractivity contribution in [2.24, 2.45) is 11.8 Å². The Balaban J connectivity index is 2.23. The summed E-state index contributed by atoms with van der Waals surface area (Å²) < 4.78 is 0. The third-order valence-electron chi connectivity index (χ3n) is 3.31. The van der Waals surface area contributed by atoms with Gasteiger partial charge < -0.3 is 5.32 Å². The fraction of sp³-hybridized carbons (Fsp3) is 0.462. The highest BCUT2D eigenvalue weighted by Crippen LogP contribution is 2.24. The molecule has 0 aliphatic carbocycles. The molecule has 0 aromatic heterocycles. The minimum absolute atomic E-state index is 0.0961. The number of carbonyl (C=O) groups is 1. The molecule has 1 N–H and O–H groups in total. The maximum Gasteiger partial charge on any atom is 0.167 e. The van der Waals surface area contributed by atoms with E-state index < -0.39 is 0 Å². The van der Waals surface area contributed by atoms with Crippen molar-refractivity contribution in [3.63, 3.8) is 0 Å². The maximum atomic E-state index is 12.2. The minimum atomic E-state index is 0.0961. The summed E-state index contributed by atoms with van der Waals surface area (Å²) in [5.41, 5.74) is 1.74. The number of rotatable bonds is 2. The summed E-state index contributed by atoms with van der Waals surface area (Å²) in [5, 5.41) is 3.92. The van der Waals surface area contributed by atoms with Crippen molar-refractivity contribution in [1.82, 2.24) is 5.32 Å². The Morgan fingerprint density at radius 1 is 1.44 bits per heavy atom. The molecular weight excluding hydrogens is 222 g/mol. The van der Waals surface area contributed by atoms with Crippen LogP contribution in [-0.2, 0) is 0 Å². The van der Waals surface area contributed by atoms with Crippen LogP contribution in [-0.4, -0.2) is 18.9 Å². The van der Waals surface area contributed by atoms with Crippen LogP contribution < -0.4 is 5.32 Å². The Morgan fingerprint density at radius 3 is 2.75 bits per heavy atom. The number of nitrogens with one attached hydrogen (secondary N) is 1. The van der Waals surface area contributed by atoms with Crippen LogP contribution in [0.5, 0.6) is 0 Å². The Bertz CT molecular complexity index is 416. The molecule has 0 amide bonds. The molecule has 2 rings (SSSR count). The molecule has 2 nitrogen and oxygen atoms in total. The van der Waals surface area contributed by atoms with Gasteiger partial charge in [-0.05, 0) is 31.0 Å². The smallest absolute Gasteiger partial charge is 0.167 e. The molecule has 3 heteroatoms. The number of Topliss-reactive ketones (excluding diaryl/α,β-unsaturated/α-hetero) is 1. The number of halogens is 1. The summed E-state index contributed by atoms with van der Waals surface area (Å²) in [5.74, 6) is 0.714. The first-order chi connectivity index (χ1) is 7.59. The zero-order valence-corrected chi connectivity index (χ0v) is 10.3. The molecule has 86 valence electrons. The van der Waals surface area contributed by atoms with Gasteiger partial charge in [-0.15, -0.1) is 0 Å². The Kier molecular flexibility index (Phi) is 3.31. The monoisotopic (exact) mass is 237 g/mol. The largest absolute Gasteiger partial charge is 0.316 e. The zero-order chi connectivity index (χ0) is 11.7. The summed E-state index contributed by atoms with van der Waals surface area (Å²) >= 11 is 6.03. The van der Waals surface area contributed by atoms with Gasteiger partial charge in [-0.1, -0.05) is 30.7 Å². The summed E-state index contributed by atoms with van der Waals surface area (Å²) in [6, 6.07) is 5.56. The highest BCUT2D eigenvalue weighted by Gasteiger charge is 2.30. The van der Waals surface area contributed by atoms with Crippen molar-refractivity contribution in [3.05, 3.63) is 34.3 Å². The summed E-state index contributed by atoms with van der Waals surface area (Å²) in [7, 11) is 0. The van der Waals surface area contributed by atoms with Gasteiger partial charge in [-0.25, -0.2) is 0 Å². The van der Waals surface area contributed by atoms with Crippen LogP contribution in [0.4, 0.5) is 0 Å². The molecule has 2 atom stereocenters. The lowest BCUT2D eigenvalue weighted by Crippen LogP contribution is -2.21. The first kappa shape index (κ1) is 11.6. The molecule has 16 heavy (non-hydrogen) atoms. The van der Waals surface area contributed by atoms with E-state index >= 15 is 0 Å². The predicted octanol–water partition coefficient (Wildman–Crippen LogP) is 2.69. The van der Waals surface area contributed by atoms with E-state index in [-0.39, 0.29) is 11.7 Å². The standard InChI is InChI=1S/C13H16ClNO/c1-8-3-4-10(5-12(8)14)13(16)11-7-15-6-9(11)2/h3-5,9,11,15H,6-7H2,1-2H3. The van der Waals surface area contributed by atoms with Crippen molar-refractivity contribution in [2.75, 3.05) is 13.1 Å². The van der Waals surface area contributed by atoms with Crippen molar-refractivity contribution in [2.45, 2.75) is 13.8 Å². The quantitative estimate of drug-likeness (QED) is 0.802. The van der Waals surface area contributed by atoms with Gasteiger partial charge in [0, 0.05) is 23.0 Å².